The molecule has 3 N–H and O–H groups in total. The van der Waals surface area contributed by atoms with E-state index in [4.69, 9.17) is 28.9 Å². The van der Waals surface area contributed by atoms with Gasteiger partial charge in [0.2, 0.25) is 0 Å². The molecule has 0 fully saturated rings. The van der Waals surface area contributed by atoms with Gasteiger partial charge in [-0.25, -0.2) is 9.38 Å². The molecule has 23 heavy (non-hydrogen) atoms. The van der Waals surface area contributed by atoms with E-state index in [0.717, 1.165) is 9.26 Å². The molecule has 0 aliphatic carbocycles. The van der Waals surface area contributed by atoms with Crippen molar-refractivity contribution in [3.05, 3.63) is 55.8 Å². The minimum absolute atomic E-state index is 0.0359. The maximum atomic E-state index is 13.2. The van der Waals surface area contributed by atoms with Crippen molar-refractivity contribution in [3.63, 3.8) is 0 Å². The molecule has 0 aromatic heterocycles. The van der Waals surface area contributed by atoms with Crippen LogP contribution in [-0.2, 0) is 0 Å². The number of anilines is 2. The lowest BCUT2D eigenvalue weighted by Crippen LogP contribution is -2.34. The Morgan fingerprint density at radius 3 is 2.65 bits per heavy atom. The largest absolute Gasteiger partial charge is 0.369 e. The molecule has 2 aromatic carbocycles. The quantitative estimate of drug-likeness (QED) is 0.394. The molecule has 122 valence electrons. The van der Waals surface area contributed by atoms with Crippen LogP contribution in [0.4, 0.5) is 15.8 Å². The first-order chi connectivity index (χ1) is 10.9. The van der Waals surface area contributed by atoms with Gasteiger partial charge in [0.15, 0.2) is 5.96 Å². The molecular weight excluding hydrogens is 453 g/mol. The maximum Gasteiger partial charge on any atom is 0.197 e. The molecule has 0 aliphatic rings. The molecule has 0 saturated heterocycles. The molecule has 0 radical (unpaired) electrons. The summed E-state index contributed by atoms with van der Waals surface area (Å²) in [7, 11) is 1.73. The Bertz CT molecular complexity index is 739. The van der Waals surface area contributed by atoms with Gasteiger partial charge in [-0.15, -0.1) is 0 Å². The third kappa shape index (κ3) is 4.86. The molecule has 0 spiro atoms. The number of hydrogen-bond donors (Lipinski definition) is 2. The van der Waals surface area contributed by atoms with E-state index in [1.165, 1.54) is 12.1 Å². The van der Waals surface area contributed by atoms with Gasteiger partial charge in [-0.05, 0) is 59.0 Å². The van der Waals surface area contributed by atoms with Gasteiger partial charge in [-0.2, -0.15) is 0 Å². The zero-order chi connectivity index (χ0) is 17.0. The smallest absolute Gasteiger partial charge is 0.197 e. The lowest BCUT2D eigenvalue weighted by atomic mass is 10.3. The molecular formula is C15H14Cl2FIN4. The van der Waals surface area contributed by atoms with E-state index in [2.05, 4.69) is 32.9 Å². The van der Waals surface area contributed by atoms with Crippen LogP contribution < -0.4 is 16.0 Å². The Morgan fingerprint density at radius 2 is 2.00 bits per heavy atom. The standard InChI is InChI=1S/C15H14Cl2FIN4/c1-23(10-3-4-13(18)11(16)7-10)15(20)22-8-21-9-2-5-14(19)12(17)6-9/h2-7,21H,8H2,1H3,(H2,20,22). The van der Waals surface area contributed by atoms with E-state index >= 15 is 0 Å². The Balaban J connectivity index is 2.01. The van der Waals surface area contributed by atoms with Crippen molar-refractivity contribution < 1.29 is 4.39 Å². The molecule has 2 rings (SSSR count). The molecule has 0 aliphatic heterocycles. The lowest BCUT2D eigenvalue weighted by molar-refractivity contribution is 0.628. The van der Waals surface area contributed by atoms with E-state index in [0.29, 0.717) is 10.7 Å². The Labute approximate surface area is 157 Å². The molecule has 0 heterocycles. The number of halogens is 4. The van der Waals surface area contributed by atoms with Gasteiger partial charge in [0.25, 0.3) is 0 Å². The summed E-state index contributed by atoms with van der Waals surface area (Å²) in [5.41, 5.74) is 7.42. The summed E-state index contributed by atoms with van der Waals surface area (Å²) < 4.78 is 14.2. The second kappa shape index (κ2) is 8.03. The van der Waals surface area contributed by atoms with Gasteiger partial charge in [0.05, 0.1) is 10.0 Å². The normalized spacial score (nSPS) is 11.4. The average molecular weight is 467 g/mol. The summed E-state index contributed by atoms with van der Waals surface area (Å²) >= 11 is 14.0. The predicted octanol–water partition coefficient (Wildman–Crippen LogP) is 4.56. The third-order valence-electron chi connectivity index (χ3n) is 3.08. The van der Waals surface area contributed by atoms with Crippen molar-refractivity contribution in [1.82, 2.24) is 0 Å². The highest BCUT2D eigenvalue weighted by atomic mass is 127. The average Bonchev–Trinajstić information content (AvgIpc) is 2.52. The Morgan fingerprint density at radius 1 is 1.26 bits per heavy atom. The molecule has 2 aromatic rings. The molecule has 0 atom stereocenters. The van der Waals surface area contributed by atoms with E-state index in [1.807, 2.05) is 18.2 Å². The SMILES string of the molecule is CN(C(N)=NCNc1ccc(I)c(Cl)c1)c1ccc(F)c(Cl)c1. The number of hydrogen-bond acceptors (Lipinski definition) is 2. The van der Waals surface area contributed by atoms with Gasteiger partial charge < -0.3 is 16.0 Å². The van der Waals surface area contributed by atoms with E-state index < -0.39 is 5.82 Å². The number of aliphatic imine (C=N–C) groups is 1. The van der Waals surface area contributed by atoms with E-state index in [9.17, 15) is 4.39 Å². The fourth-order valence-electron chi connectivity index (χ4n) is 1.75. The van der Waals surface area contributed by atoms with Gasteiger partial charge >= 0.3 is 0 Å². The number of rotatable bonds is 4. The number of nitrogens with two attached hydrogens (primary N) is 1. The lowest BCUT2D eigenvalue weighted by Gasteiger charge is -2.18. The van der Waals surface area contributed by atoms with E-state index in [1.54, 1.807) is 18.0 Å². The van der Waals surface area contributed by atoms with Crippen molar-refractivity contribution in [2.45, 2.75) is 0 Å². The topological polar surface area (TPSA) is 53.6 Å². The summed E-state index contributed by atoms with van der Waals surface area (Å²) in [4.78, 5) is 5.85. The highest BCUT2D eigenvalue weighted by Crippen LogP contribution is 2.23. The van der Waals surface area contributed by atoms with Crippen LogP contribution in [0.15, 0.2) is 41.4 Å². The van der Waals surface area contributed by atoms with E-state index in [-0.39, 0.29) is 17.7 Å². The zero-order valence-electron chi connectivity index (χ0n) is 12.2. The van der Waals surface area contributed by atoms with Crippen LogP contribution in [0.25, 0.3) is 0 Å². The van der Waals surface area contributed by atoms with Gasteiger partial charge in [-0.1, -0.05) is 23.2 Å². The number of nitrogens with one attached hydrogen (secondary N) is 1. The summed E-state index contributed by atoms with van der Waals surface area (Å²) in [6.45, 7) is 0.280. The van der Waals surface area contributed by atoms with Crippen LogP contribution in [0.5, 0.6) is 0 Å². The number of guanidine groups is 1. The monoisotopic (exact) mass is 466 g/mol. The Hall–Kier alpha value is -1.25. The zero-order valence-corrected chi connectivity index (χ0v) is 15.8. The minimum Gasteiger partial charge on any atom is -0.369 e. The van der Waals surface area contributed by atoms with Crippen molar-refractivity contribution in [2.24, 2.45) is 10.7 Å². The van der Waals surface area contributed by atoms with Gasteiger partial charge in [0, 0.05) is 22.0 Å². The summed E-state index contributed by atoms with van der Waals surface area (Å²) in [5.74, 6) is -0.201. The molecule has 0 saturated carbocycles. The molecule has 4 nitrogen and oxygen atoms in total. The third-order valence-corrected chi connectivity index (χ3v) is 4.94. The van der Waals surface area contributed by atoms with Crippen molar-refractivity contribution in [2.75, 3.05) is 23.9 Å². The summed E-state index contributed by atoms with van der Waals surface area (Å²) in [6.07, 6.45) is 0. The van der Waals surface area contributed by atoms with Gasteiger partial charge in [-0.3, -0.25) is 0 Å². The van der Waals surface area contributed by atoms with Crippen LogP contribution in [0.3, 0.4) is 0 Å². The molecule has 0 amide bonds. The fraction of sp³-hybridized carbons (Fsp3) is 0.133. The van der Waals surface area contributed by atoms with Crippen LogP contribution in [0, 0.1) is 9.39 Å². The second-order valence-electron chi connectivity index (χ2n) is 4.64. The fourth-order valence-corrected chi connectivity index (χ4v) is 2.44. The van der Waals surface area contributed by atoms with Crippen LogP contribution in [-0.4, -0.2) is 19.7 Å². The maximum absolute atomic E-state index is 13.2. The second-order valence-corrected chi connectivity index (χ2v) is 6.61. The number of benzene rings is 2. The highest BCUT2D eigenvalue weighted by Gasteiger charge is 2.08. The van der Waals surface area contributed by atoms with Crippen molar-refractivity contribution in [3.8, 4) is 0 Å². The summed E-state index contributed by atoms with van der Waals surface area (Å²) in [5, 5.41) is 3.81. The van der Waals surface area contributed by atoms with Crippen molar-refractivity contribution >= 4 is 63.1 Å². The van der Waals surface area contributed by atoms with Gasteiger partial charge in [0.1, 0.15) is 12.5 Å². The highest BCUT2D eigenvalue weighted by molar-refractivity contribution is 14.1. The van der Waals surface area contributed by atoms with Crippen LogP contribution in [0.2, 0.25) is 10.0 Å². The molecule has 8 heteroatoms. The Kier molecular flexibility index (Phi) is 6.32. The number of nitrogens with zero attached hydrogens (tertiary/aromatic N) is 2. The first-order valence-corrected chi connectivity index (χ1v) is 8.39. The predicted molar refractivity (Wildman–Crippen MR) is 104 cm³/mol. The molecule has 0 bridgehead atoms. The van der Waals surface area contributed by atoms with Crippen LogP contribution in [0.1, 0.15) is 0 Å². The summed E-state index contributed by atoms with van der Waals surface area (Å²) in [6, 6.07) is 9.99. The minimum atomic E-state index is -0.475. The van der Waals surface area contributed by atoms with Crippen molar-refractivity contribution in [1.29, 1.82) is 0 Å². The first kappa shape index (κ1) is 18.1. The molecule has 0 unspecified atom stereocenters. The first-order valence-electron chi connectivity index (χ1n) is 6.56. The van der Waals surface area contributed by atoms with Crippen LogP contribution >= 0.6 is 45.8 Å².